The van der Waals surface area contributed by atoms with Crippen LogP contribution in [0.5, 0.6) is 0 Å². The van der Waals surface area contributed by atoms with E-state index in [1.54, 1.807) is 50.4 Å². The molecule has 7 nitrogen and oxygen atoms in total. The number of carbonyl (C=O) groups excluding carboxylic acids is 3. The molecule has 0 spiro atoms. The summed E-state index contributed by atoms with van der Waals surface area (Å²) in [5.74, 6) is -3.93. The molecule has 31 heavy (non-hydrogen) atoms. The predicted octanol–water partition coefficient (Wildman–Crippen LogP) is 2.14. The zero-order chi connectivity index (χ0) is 22.6. The van der Waals surface area contributed by atoms with Gasteiger partial charge in [-0.2, -0.15) is 0 Å². The van der Waals surface area contributed by atoms with Crippen LogP contribution in [0.3, 0.4) is 0 Å². The van der Waals surface area contributed by atoms with Crippen molar-refractivity contribution >= 4 is 27.3 Å². The maximum Gasteiger partial charge on any atom is 0.288 e. The third kappa shape index (κ3) is 5.64. The fraction of sp³-hybridized carbons (Fsp3) is 0.391. The van der Waals surface area contributed by atoms with E-state index in [0.717, 1.165) is 5.56 Å². The molecule has 0 aliphatic carbocycles. The molecule has 0 saturated heterocycles. The van der Waals surface area contributed by atoms with Gasteiger partial charge < -0.3 is 5.32 Å². The zero-order valence-electron chi connectivity index (χ0n) is 17.6. The second-order valence-corrected chi connectivity index (χ2v) is 10.3. The van der Waals surface area contributed by atoms with Crippen molar-refractivity contribution in [2.75, 3.05) is 5.75 Å². The third-order valence-electron chi connectivity index (χ3n) is 5.55. The molecule has 2 aromatic rings. The maximum atomic E-state index is 13.2. The summed E-state index contributed by atoms with van der Waals surface area (Å²) in [7, 11) is -3.67. The van der Waals surface area contributed by atoms with E-state index >= 15 is 0 Å². The van der Waals surface area contributed by atoms with Gasteiger partial charge in [0.2, 0.25) is 5.78 Å². The molecule has 8 heteroatoms. The molecule has 0 radical (unpaired) electrons. The van der Waals surface area contributed by atoms with E-state index in [4.69, 9.17) is 0 Å². The Labute approximate surface area is 182 Å². The topological polar surface area (TPSA) is 110 Å². The first kappa shape index (κ1) is 22.8. The van der Waals surface area contributed by atoms with Crippen molar-refractivity contribution in [3.63, 3.8) is 0 Å². The third-order valence-corrected chi connectivity index (χ3v) is 7.34. The predicted molar refractivity (Wildman–Crippen MR) is 115 cm³/mol. The van der Waals surface area contributed by atoms with Crippen LogP contribution in [0, 0.1) is 17.8 Å². The lowest BCUT2D eigenvalue weighted by Gasteiger charge is -2.22. The minimum absolute atomic E-state index is 0.142. The number of hydrogen-bond acceptors (Lipinski definition) is 6. The van der Waals surface area contributed by atoms with E-state index < -0.39 is 33.4 Å². The van der Waals surface area contributed by atoms with Gasteiger partial charge in [-0.1, -0.05) is 32.0 Å². The van der Waals surface area contributed by atoms with Crippen molar-refractivity contribution in [3.05, 3.63) is 59.9 Å². The van der Waals surface area contributed by atoms with Gasteiger partial charge in [0.1, 0.15) is 5.78 Å². The fourth-order valence-electron chi connectivity index (χ4n) is 3.75. The average Bonchev–Trinajstić information content (AvgIpc) is 2.78. The van der Waals surface area contributed by atoms with Crippen LogP contribution < -0.4 is 5.32 Å². The summed E-state index contributed by atoms with van der Waals surface area (Å²) in [6, 6.07) is 11.6. The lowest BCUT2D eigenvalue weighted by atomic mass is 9.84. The Morgan fingerprint density at radius 3 is 2.55 bits per heavy atom. The number of rotatable bonds is 7. The first-order valence-electron chi connectivity index (χ1n) is 10.2. The molecule has 2 atom stereocenters. The van der Waals surface area contributed by atoms with E-state index in [-0.39, 0.29) is 41.7 Å². The van der Waals surface area contributed by atoms with Gasteiger partial charge in [0.05, 0.1) is 22.9 Å². The van der Waals surface area contributed by atoms with Crippen molar-refractivity contribution in [2.45, 2.75) is 38.1 Å². The quantitative estimate of drug-likeness (QED) is 0.658. The molecule has 0 saturated carbocycles. The Morgan fingerprint density at radius 2 is 1.87 bits per heavy atom. The van der Waals surface area contributed by atoms with Gasteiger partial charge >= 0.3 is 0 Å². The number of nitrogens with one attached hydrogen (secondary N) is 1. The van der Waals surface area contributed by atoms with Gasteiger partial charge in [-0.25, -0.2) is 8.42 Å². The molecule has 1 aliphatic heterocycles. The zero-order valence-corrected chi connectivity index (χ0v) is 18.4. The molecule has 1 aliphatic rings. The number of fused-ring (bicyclic) bond motifs is 2. The summed E-state index contributed by atoms with van der Waals surface area (Å²) in [5, 5.41) is 2.54. The summed E-state index contributed by atoms with van der Waals surface area (Å²) in [6.45, 7) is 3.72. The SMILES string of the molecule is CC(C)C(CS(=O)(=O)c1ccccc1)C(=O)CC1Cc2ccnc(c2)CNC(=O)C1=O. The second kappa shape index (κ2) is 9.51. The molecular formula is C23H26N2O5S. The molecule has 2 bridgehead atoms. The number of carbonyl (C=O) groups is 3. The van der Waals surface area contributed by atoms with Crippen LogP contribution in [-0.4, -0.2) is 36.6 Å². The van der Waals surface area contributed by atoms with Crippen LogP contribution in [-0.2, 0) is 37.2 Å². The van der Waals surface area contributed by atoms with Crippen LogP contribution in [0.4, 0.5) is 0 Å². The number of Topliss-reactive ketones (excluding diaryl/α,β-unsaturated/α-hetero) is 2. The number of hydrogen-bond donors (Lipinski definition) is 1. The van der Waals surface area contributed by atoms with E-state index in [2.05, 4.69) is 10.3 Å². The van der Waals surface area contributed by atoms with Gasteiger partial charge in [-0.3, -0.25) is 19.4 Å². The molecule has 1 aromatic carbocycles. The number of pyridine rings is 1. The summed E-state index contributed by atoms with van der Waals surface area (Å²) in [6.07, 6.45) is 1.65. The van der Waals surface area contributed by atoms with Crippen LogP contribution in [0.25, 0.3) is 0 Å². The molecule has 1 N–H and O–H groups in total. The van der Waals surface area contributed by atoms with E-state index in [0.29, 0.717) is 5.69 Å². The van der Waals surface area contributed by atoms with Gasteiger partial charge in [0.15, 0.2) is 9.84 Å². The fourth-order valence-corrected chi connectivity index (χ4v) is 5.56. The minimum Gasteiger partial charge on any atom is -0.344 e. The van der Waals surface area contributed by atoms with Gasteiger partial charge in [-0.05, 0) is 42.2 Å². The van der Waals surface area contributed by atoms with Crippen LogP contribution >= 0.6 is 0 Å². The Kier molecular flexibility index (Phi) is 7.00. The van der Waals surface area contributed by atoms with Gasteiger partial charge in [-0.15, -0.1) is 0 Å². The van der Waals surface area contributed by atoms with E-state index in [9.17, 15) is 22.8 Å². The molecule has 164 valence electrons. The lowest BCUT2D eigenvalue weighted by molar-refractivity contribution is -0.141. The molecule has 3 rings (SSSR count). The van der Waals surface area contributed by atoms with E-state index in [1.165, 1.54) is 12.1 Å². The first-order valence-corrected chi connectivity index (χ1v) is 11.9. The highest BCUT2D eigenvalue weighted by atomic mass is 32.2. The molecule has 1 aromatic heterocycles. The average molecular weight is 443 g/mol. The number of benzene rings is 1. The molecule has 0 fully saturated rings. The summed E-state index contributed by atoms with van der Waals surface area (Å²) in [4.78, 5) is 42.4. The van der Waals surface area contributed by atoms with Gasteiger partial charge in [0.25, 0.3) is 5.91 Å². The minimum atomic E-state index is -3.67. The highest BCUT2D eigenvalue weighted by Crippen LogP contribution is 2.25. The summed E-state index contributed by atoms with van der Waals surface area (Å²) < 4.78 is 25.7. The number of amides is 1. The van der Waals surface area contributed by atoms with Gasteiger partial charge in [0, 0.05) is 24.5 Å². The van der Waals surface area contributed by atoms with Crippen molar-refractivity contribution in [1.82, 2.24) is 10.3 Å². The van der Waals surface area contributed by atoms with Crippen LogP contribution in [0.2, 0.25) is 0 Å². The highest BCUT2D eigenvalue weighted by molar-refractivity contribution is 7.91. The standard InChI is InChI=1S/C23H26N2O5S/c1-15(2)20(14-31(29,30)19-6-4-3-5-7-19)21(26)12-17-10-16-8-9-24-18(11-16)13-25-23(28)22(17)27/h3-9,11,15,17,20H,10,12-14H2,1-2H3,(H,25,28). The first-order chi connectivity index (χ1) is 14.7. The van der Waals surface area contributed by atoms with Crippen molar-refractivity contribution in [3.8, 4) is 0 Å². The largest absolute Gasteiger partial charge is 0.344 e. The number of ketones is 2. The van der Waals surface area contributed by atoms with Crippen LogP contribution in [0.1, 0.15) is 31.5 Å². The normalized spacial score (nSPS) is 18.0. The Balaban J connectivity index is 1.82. The highest BCUT2D eigenvalue weighted by Gasteiger charge is 2.34. The number of aromatic nitrogens is 1. The second-order valence-electron chi connectivity index (χ2n) is 8.22. The molecular weight excluding hydrogens is 416 g/mol. The van der Waals surface area contributed by atoms with Crippen LogP contribution in [0.15, 0.2) is 53.6 Å². The number of sulfone groups is 1. The number of nitrogens with zero attached hydrogens (tertiary/aromatic N) is 1. The monoisotopic (exact) mass is 442 g/mol. The molecule has 1 amide bonds. The Hall–Kier alpha value is -2.87. The maximum absolute atomic E-state index is 13.2. The summed E-state index contributed by atoms with van der Waals surface area (Å²) >= 11 is 0. The van der Waals surface area contributed by atoms with E-state index in [1.807, 2.05) is 0 Å². The van der Waals surface area contributed by atoms with Crippen molar-refractivity contribution in [2.24, 2.45) is 17.8 Å². The Morgan fingerprint density at radius 1 is 1.16 bits per heavy atom. The molecule has 2 unspecified atom stereocenters. The summed E-state index contributed by atoms with van der Waals surface area (Å²) in [5.41, 5.74) is 1.45. The van der Waals surface area contributed by atoms with Crippen molar-refractivity contribution < 1.29 is 22.8 Å². The lowest BCUT2D eigenvalue weighted by Crippen LogP contribution is -2.38. The molecule has 2 heterocycles. The smallest absolute Gasteiger partial charge is 0.288 e. The van der Waals surface area contributed by atoms with Crippen molar-refractivity contribution in [1.29, 1.82) is 0 Å². The Bertz CT molecular complexity index is 1080.